The summed E-state index contributed by atoms with van der Waals surface area (Å²) in [7, 11) is 0. The summed E-state index contributed by atoms with van der Waals surface area (Å²) >= 11 is 0. The van der Waals surface area contributed by atoms with Gasteiger partial charge in [0.15, 0.2) is 0 Å². The maximum atomic E-state index is 6.11. The van der Waals surface area contributed by atoms with Crippen molar-refractivity contribution < 1.29 is 9.47 Å². The number of imidazole rings is 1. The van der Waals surface area contributed by atoms with E-state index in [-0.39, 0.29) is 0 Å². The largest absolute Gasteiger partial charge is 0.494 e. The minimum atomic E-state index is 0.726. The maximum absolute atomic E-state index is 6.11. The number of rotatable bonds is 12. The fourth-order valence-corrected chi connectivity index (χ4v) is 4.65. The lowest BCUT2D eigenvalue weighted by Gasteiger charge is -2.17. The van der Waals surface area contributed by atoms with Crippen LogP contribution in [0, 0.1) is 6.92 Å². The molecule has 0 aliphatic heterocycles. The highest BCUT2D eigenvalue weighted by Gasteiger charge is 2.09. The van der Waals surface area contributed by atoms with E-state index in [0.29, 0.717) is 0 Å². The molecular weight excluding hydrogens is 518 g/mol. The zero-order valence-corrected chi connectivity index (χ0v) is 25.8. The maximum Gasteiger partial charge on any atom is 0.128 e. The predicted molar refractivity (Wildman–Crippen MR) is 176 cm³/mol. The van der Waals surface area contributed by atoms with Crippen molar-refractivity contribution in [2.24, 2.45) is 0 Å². The Bertz CT molecular complexity index is 1500. The molecule has 1 heterocycles. The van der Waals surface area contributed by atoms with Gasteiger partial charge in [0.25, 0.3) is 0 Å². The van der Waals surface area contributed by atoms with Crippen LogP contribution in [-0.4, -0.2) is 40.7 Å². The summed E-state index contributed by atoms with van der Waals surface area (Å²) in [4.78, 5) is 7.22. The Balaban J connectivity index is 0.000000952. The Morgan fingerprint density at radius 3 is 2.02 bits per heavy atom. The normalized spacial score (nSPS) is 10.9. The first-order valence-corrected chi connectivity index (χ1v) is 15.3. The lowest BCUT2D eigenvalue weighted by Crippen LogP contribution is -2.25. The van der Waals surface area contributed by atoms with Gasteiger partial charge in [-0.25, -0.2) is 4.98 Å². The standard InChI is InChI=1S/C33H35N3O2.C4H10/c1-4-35(5-2)21-8-22-37-30-16-12-27(13-17-30)33-24-36(25(3)34-33)29-14-19-31(20-15-29)38-32-18-11-26-9-6-7-10-28(26)23-32;1-3-4-2/h6-7,9-20,23-24H,4-5,8,21-22H2,1-3H3;3-4H2,1-2H3. The third-order valence-corrected chi connectivity index (χ3v) is 7.39. The lowest BCUT2D eigenvalue weighted by molar-refractivity contribution is 0.249. The van der Waals surface area contributed by atoms with Gasteiger partial charge in [-0.05, 0) is 97.9 Å². The average Bonchev–Trinajstić information content (AvgIpc) is 3.43. The van der Waals surface area contributed by atoms with E-state index in [0.717, 1.165) is 78.1 Å². The third kappa shape index (κ3) is 8.46. The van der Waals surface area contributed by atoms with E-state index in [4.69, 9.17) is 14.5 Å². The molecule has 0 aliphatic rings. The van der Waals surface area contributed by atoms with Crippen LogP contribution in [0.4, 0.5) is 0 Å². The summed E-state index contributed by atoms with van der Waals surface area (Å²) in [5.41, 5.74) is 3.05. The predicted octanol–water partition coefficient (Wildman–Crippen LogP) is 9.71. The zero-order valence-electron chi connectivity index (χ0n) is 25.8. The second-order valence-corrected chi connectivity index (χ2v) is 10.4. The van der Waals surface area contributed by atoms with Crippen LogP contribution in [0.3, 0.4) is 0 Å². The highest BCUT2D eigenvalue weighted by molar-refractivity contribution is 5.83. The topological polar surface area (TPSA) is 39.5 Å². The van der Waals surface area contributed by atoms with Crippen LogP contribution in [0.1, 0.15) is 52.8 Å². The number of fused-ring (bicyclic) bond motifs is 1. The molecule has 0 bridgehead atoms. The number of unbranched alkanes of at least 4 members (excludes halogenated alkanes) is 1. The number of benzene rings is 4. The minimum absolute atomic E-state index is 0.726. The molecule has 5 nitrogen and oxygen atoms in total. The van der Waals surface area contributed by atoms with Crippen molar-refractivity contribution in [1.29, 1.82) is 0 Å². The first-order valence-electron chi connectivity index (χ1n) is 15.3. The Hall–Kier alpha value is -4.09. The fourth-order valence-electron chi connectivity index (χ4n) is 4.65. The van der Waals surface area contributed by atoms with Crippen molar-refractivity contribution in [1.82, 2.24) is 14.5 Å². The summed E-state index contributed by atoms with van der Waals surface area (Å²) in [5, 5.41) is 2.37. The molecule has 0 N–H and O–H groups in total. The van der Waals surface area contributed by atoms with Crippen LogP contribution in [0.2, 0.25) is 0 Å². The average molecular weight is 564 g/mol. The van der Waals surface area contributed by atoms with Crippen LogP contribution >= 0.6 is 0 Å². The SMILES string of the molecule is CCCC.CCN(CC)CCCOc1ccc(-c2cn(-c3ccc(Oc4ccc5ccccc5c4)cc3)c(C)n2)cc1. The highest BCUT2D eigenvalue weighted by Crippen LogP contribution is 2.28. The molecule has 0 unspecified atom stereocenters. The second kappa shape index (κ2) is 15.8. The monoisotopic (exact) mass is 563 g/mol. The molecule has 0 aliphatic carbocycles. The van der Waals surface area contributed by atoms with E-state index in [1.54, 1.807) is 0 Å². The van der Waals surface area contributed by atoms with Crippen molar-refractivity contribution >= 4 is 10.8 Å². The Morgan fingerprint density at radius 2 is 1.36 bits per heavy atom. The minimum Gasteiger partial charge on any atom is -0.494 e. The van der Waals surface area contributed by atoms with Crippen molar-refractivity contribution in [2.75, 3.05) is 26.2 Å². The van der Waals surface area contributed by atoms with E-state index >= 15 is 0 Å². The number of ether oxygens (including phenoxy) is 2. The highest BCUT2D eigenvalue weighted by atomic mass is 16.5. The van der Waals surface area contributed by atoms with Crippen molar-refractivity contribution in [3.05, 3.63) is 103 Å². The van der Waals surface area contributed by atoms with Gasteiger partial charge in [0.2, 0.25) is 0 Å². The first-order chi connectivity index (χ1) is 20.5. The van der Waals surface area contributed by atoms with E-state index in [1.807, 2.05) is 49.4 Å². The Morgan fingerprint density at radius 1 is 0.714 bits per heavy atom. The number of nitrogens with zero attached hydrogens (tertiary/aromatic N) is 3. The van der Waals surface area contributed by atoms with Crippen LogP contribution < -0.4 is 9.47 Å². The van der Waals surface area contributed by atoms with E-state index in [9.17, 15) is 0 Å². The molecule has 5 heteroatoms. The second-order valence-electron chi connectivity index (χ2n) is 10.4. The molecule has 0 radical (unpaired) electrons. The molecular formula is C37H45N3O2. The van der Waals surface area contributed by atoms with Crippen molar-refractivity contribution in [2.45, 2.75) is 53.9 Å². The number of aryl methyl sites for hydroxylation is 1. The molecule has 42 heavy (non-hydrogen) atoms. The number of hydrogen-bond donors (Lipinski definition) is 0. The van der Waals surface area contributed by atoms with Gasteiger partial charge in [0, 0.05) is 24.0 Å². The van der Waals surface area contributed by atoms with Crippen LogP contribution in [0.25, 0.3) is 27.7 Å². The molecule has 4 aromatic carbocycles. The first kappa shape index (κ1) is 30.9. The summed E-state index contributed by atoms with van der Waals surface area (Å²) < 4.78 is 14.2. The smallest absolute Gasteiger partial charge is 0.128 e. The number of aromatic nitrogens is 2. The molecule has 0 amide bonds. The Kier molecular flexibility index (Phi) is 11.6. The van der Waals surface area contributed by atoms with Gasteiger partial charge < -0.3 is 18.9 Å². The van der Waals surface area contributed by atoms with Gasteiger partial charge in [0.05, 0.1) is 12.3 Å². The third-order valence-electron chi connectivity index (χ3n) is 7.39. The molecule has 0 spiro atoms. The number of hydrogen-bond acceptors (Lipinski definition) is 4. The van der Waals surface area contributed by atoms with E-state index < -0.39 is 0 Å². The molecule has 5 rings (SSSR count). The van der Waals surface area contributed by atoms with Crippen molar-refractivity contribution in [3.63, 3.8) is 0 Å². The molecule has 1 aromatic heterocycles. The summed E-state index contributed by atoms with van der Waals surface area (Å²) in [6.07, 6.45) is 5.74. The van der Waals surface area contributed by atoms with E-state index in [1.165, 1.54) is 18.2 Å². The molecule has 5 aromatic rings. The quantitative estimate of drug-likeness (QED) is 0.142. The summed E-state index contributed by atoms with van der Waals surface area (Å²) in [6.45, 7) is 14.7. The van der Waals surface area contributed by atoms with Crippen LogP contribution in [-0.2, 0) is 0 Å². The zero-order chi connectivity index (χ0) is 29.7. The summed E-state index contributed by atoms with van der Waals surface area (Å²) in [5.74, 6) is 3.45. The van der Waals surface area contributed by atoms with Gasteiger partial charge in [-0.2, -0.15) is 0 Å². The van der Waals surface area contributed by atoms with Crippen LogP contribution in [0.5, 0.6) is 17.2 Å². The summed E-state index contributed by atoms with van der Waals surface area (Å²) in [6, 6.07) is 30.8. The van der Waals surface area contributed by atoms with Gasteiger partial charge in [-0.3, -0.25) is 0 Å². The molecule has 0 fully saturated rings. The van der Waals surface area contributed by atoms with Crippen molar-refractivity contribution in [3.8, 4) is 34.2 Å². The fraction of sp³-hybridized carbons (Fsp3) is 0.324. The molecule has 0 atom stereocenters. The van der Waals surface area contributed by atoms with Gasteiger partial charge in [-0.15, -0.1) is 0 Å². The van der Waals surface area contributed by atoms with Gasteiger partial charge >= 0.3 is 0 Å². The molecule has 0 saturated heterocycles. The van der Waals surface area contributed by atoms with E-state index in [2.05, 4.69) is 91.9 Å². The van der Waals surface area contributed by atoms with Crippen LogP contribution in [0.15, 0.2) is 97.2 Å². The Labute approximate surface area is 251 Å². The van der Waals surface area contributed by atoms with Gasteiger partial charge in [-0.1, -0.05) is 70.9 Å². The lowest BCUT2D eigenvalue weighted by atomic mass is 10.1. The molecule has 220 valence electrons. The van der Waals surface area contributed by atoms with Gasteiger partial charge in [0.1, 0.15) is 23.1 Å². The molecule has 0 saturated carbocycles.